The highest BCUT2D eigenvalue weighted by molar-refractivity contribution is 8.18. The molecule has 3 aromatic rings. The Balaban J connectivity index is 1.35. The van der Waals surface area contributed by atoms with Gasteiger partial charge in [-0.05, 0) is 72.3 Å². The SMILES string of the molecule is Cc1ccc(C(=O)NCCN2C(=O)S/C(=C\c3ccc(F)cc3)C2=O)cc1NC(=O)c1ccco1. The maximum absolute atomic E-state index is 13.1. The number of carbonyl (C=O) groups is 4. The first-order chi connectivity index (χ1) is 16.8. The van der Waals surface area contributed by atoms with E-state index in [1.165, 1.54) is 48.7 Å². The second-order valence-electron chi connectivity index (χ2n) is 7.60. The van der Waals surface area contributed by atoms with Crippen LogP contribution in [0.3, 0.4) is 0 Å². The quantitative estimate of drug-likeness (QED) is 0.471. The van der Waals surface area contributed by atoms with E-state index in [0.29, 0.717) is 16.8 Å². The van der Waals surface area contributed by atoms with Crippen molar-refractivity contribution in [1.82, 2.24) is 10.2 Å². The Labute approximate surface area is 204 Å². The Kier molecular flexibility index (Phi) is 7.11. The lowest BCUT2D eigenvalue weighted by atomic mass is 10.1. The number of imide groups is 1. The predicted molar refractivity (Wildman–Crippen MR) is 129 cm³/mol. The summed E-state index contributed by atoms with van der Waals surface area (Å²) in [5.41, 5.74) is 2.11. The first-order valence-corrected chi connectivity index (χ1v) is 11.4. The van der Waals surface area contributed by atoms with Crippen LogP contribution in [0.25, 0.3) is 6.08 Å². The minimum Gasteiger partial charge on any atom is -0.459 e. The lowest BCUT2D eigenvalue weighted by molar-refractivity contribution is -0.122. The summed E-state index contributed by atoms with van der Waals surface area (Å²) < 4.78 is 18.1. The van der Waals surface area contributed by atoms with Crippen molar-refractivity contribution < 1.29 is 28.0 Å². The zero-order valence-electron chi connectivity index (χ0n) is 18.5. The first kappa shape index (κ1) is 24.0. The van der Waals surface area contributed by atoms with Crippen LogP contribution in [0.2, 0.25) is 0 Å². The number of furan rings is 1. The van der Waals surface area contributed by atoms with Crippen LogP contribution < -0.4 is 10.6 Å². The third-order valence-corrected chi connectivity index (χ3v) is 6.06. The van der Waals surface area contributed by atoms with Gasteiger partial charge in [0.1, 0.15) is 5.82 Å². The fraction of sp³-hybridized carbons (Fsp3) is 0.120. The van der Waals surface area contributed by atoms with Crippen molar-refractivity contribution in [3.8, 4) is 0 Å². The van der Waals surface area contributed by atoms with Crippen LogP contribution in [0.15, 0.2) is 70.2 Å². The number of aryl methyl sites for hydroxylation is 1. The van der Waals surface area contributed by atoms with E-state index in [9.17, 15) is 23.6 Å². The number of halogens is 1. The monoisotopic (exact) mass is 493 g/mol. The van der Waals surface area contributed by atoms with Gasteiger partial charge in [0.25, 0.3) is 23.0 Å². The van der Waals surface area contributed by atoms with Crippen LogP contribution in [0, 0.1) is 12.7 Å². The largest absolute Gasteiger partial charge is 0.459 e. The molecule has 0 spiro atoms. The maximum atomic E-state index is 13.1. The smallest absolute Gasteiger partial charge is 0.293 e. The van der Waals surface area contributed by atoms with Crippen molar-refractivity contribution in [2.24, 2.45) is 0 Å². The Hall–Kier alpha value is -4.18. The van der Waals surface area contributed by atoms with Gasteiger partial charge in [-0.3, -0.25) is 24.1 Å². The molecule has 4 amide bonds. The molecule has 10 heteroatoms. The fourth-order valence-electron chi connectivity index (χ4n) is 3.28. The highest BCUT2D eigenvalue weighted by Gasteiger charge is 2.34. The summed E-state index contributed by atoms with van der Waals surface area (Å²) in [6.45, 7) is 1.83. The number of benzene rings is 2. The van der Waals surface area contributed by atoms with Crippen LogP contribution in [0.5, 0.6) is 0 Å². The second-order valence-corrected chi connectivity index (χ2v) is 8.60. The van der Waals surface area contributed by atoms with Gasteiger partial charge in [-0.2, -0.15) is 0 Å². The van der Waals surface area contributed by atoms with Crippen LogP contribution >= 0.6 is 11.8 Å². The molecule has 0 bridgehead atoms. The summed E-state index contributed by atoms with van der Waals surface area (Å²) >= 11 is 0.788. The van der Waals surface area contributed by atoms with E-state index < -0.39 is 28.8 Å². The van der Waals surface area contributed by atoms with Gasteiger partial charge in [-0.25, -0.2) is 4.39 Å². The molecule has 0 aliphatic carbocycles. The maximum Gasteiger partial charge on any atom is 0.293 e. The van der Waals surface area contributed by atoms with Crippen molar-refractivity contribution in [3.05, 3.63) is 94.0 Å². The molecule has 2 N–H and O–H groups in total. The van der Waals surface area contributed by atoms with Gasteiger partial charge < -0.3 is 15.1 Å². The molecule has 35 heavy (non-hydrogen) atoms. The van der Waals surface area contributed by atoms with E-state index in [1.54, 1.807) is 25.1 Å². The van der Waals surface area contributed by atoms with Gasteiger partial charge in [-0.1, -0.05) is 18.2 Å². The molecular weight excluding hydrogens is 473 g/mol. The zero-order valence-corrected chi connectivity index (χ0v) is 19.4. The van der Waals surface area contributed by atoms with E-state index in [1.807, 2.05) is 0 Å². The molecule has 178 valence electrons. The number of nitrogens with one attached hydrogen (secondary N) is 2. The minimum absolute atomic E-state index is 0.00882. The van der Waals surface area contributed by atoms with Gasteiger partial charge >= 0.3 is 0 Å². The molecule has 1 fully saturated rings. The lowest BCUT2D eigenvalue weighted by Gasteiger charge is -2.14. The number of thioether (sulfide) groups is 1. The molecule has 1 aliphatic rings. The number of hydrogen-bond acceptors (Lipinski definition) is 6. The van der Waals surface area contributed by atoms with Crippen molar-refractivity contribution in [2.45, 2.75) is 6.92 Å². The molecule has 1 aromatic heterocycles. The van der Waals surface area contributed by atoms with Gasteiger partial charge in [0.15, 0.2) is 5.76 Å². The average molecular weight is 494 g/mol. The molecule has 8 nitrogen and oxygen atoms in total. The molecule has 1 aliphatic heterocycles. The molecular formula is C25H20FN3O5S. The van der Waals surface area contributed by atoms with E-state index >= 15 is 0 Å². The van der Waals surface area contributed by atoms with Crippen LogP contribution in [0.4, 0.5) is 14.9 Å². The number of rotatable bonds is 7. The molecule has 0 unspecified atom stereocenters. The number of nitrogens with zero attached hydrogens (tertiary/aromatic N) is 1. The van der Waals surface area contributed by atoms with Crippen molar-refractivity contribution in [3.63, 3.8) is 0 Å². The predicted octanol–water partition coefficient (Wildman–Crippen LogP) is 4.45. The Morgan fingerprint density at radius 3 is 2.57 bits per heavy atom. The fourth-order valence-corrected chi connectivity index (χ4v) is 4.14. The number of hydrogen-bond donors (Lipinski definition) is 2. The molecule has 4 rings (SSSR count). The van der Waals surface area contributed by atoms with Crippen molar-refractivity contribution >= 4 is 46.5 Å². The molecule has 0 radical (unpaired) electrons. The Bertz CT molecular complexity index is 1320. The molecule has 0 atom stereocenters. The Morgan fingerprint density at radius 2 is 1.86 bits per heavy atom. The highest BCUT2D eigenvalue weighted by atomic mass is 32.2. The third kappa shape index (κ3) is 5.67. The van der Waals surface area contributed by atoms with E-state index in [0.717, 1.165) is 22.2 Å². The standard InChI is InChI=1S/C25H20FN3O5S/c1-15-4-7-17(14-19(15)28-23(31)20-3-2-12-34-20)22(30)27-10-11-29-24(32)21(35-25(29)33)13-16-5-8-18(26)9-6-16/h2-9,12-14H,10-11H2,1H3,(H,27,30)(H,28,31)/b21-13-. The normalized spacial score (nSPS) is 14.5. The number of amides is 4. The summed E-state index contributed by atoms with van der Waals surface area (Å²) in [6, 6.07) is 13.5. The summed E-state index contributed by atoms with van der Waals surface area (Å²) in [6.07, 6.45) is 2.91. The number of carbonyl (C=O) groups excluding carboxylic acids is 4. The average Bonchev–Trinajstić information content (AvgIpc) is 3.46. The molecule has 0 saturated carbocycles. The molecule has 2 aromatic carbocycles. The van der Waals surface area contributed by atoms with Gasteiger partial charge in [-0.15, -0.1) is 0 Å². The highest BCUT2D eigenvalue weighted by Crippen LogP contribution is 2.31. The molecule has 1 saturated heterocycles. The van der Waals surface area contributed by atoms with Crippen LogP contribution in [0.1, 0.15) is 32.0 Å². The lowest BCUT2D eigenvalue weighted by Crippen LogP contribution is -2.37. The van der Waals surface area contributed by atoms with Crippen LogP contribution in [-0.4, -0.2) is 41.0 Å². The van der Waals surface area contributed by atoms with E-state index in [-0.39, 0.29) is 23.8 Å². The van der Waals surface area contributed by atoms with Gasteiger partial charge in [0.05, 0.1) is 11.2 Å². The first-order valence-electron chi connectivity index (χ1n) is 10.6. The summed E-state index contributed by atoms with van der Waals surface area (Å²) in [5, 5.41) is 4.94. The van der Waals surface area contributed by atoms with Crippen LogP contribution in [-0.2, 0) is 4.79 Å². The summed E-state index contributed by atoms with van der Waals surface area (Å²) in [5.74, 6) is -1.59. The summed E-state index contributed by atoms with van der Waals surface area (Å²) in [7, 11) is 0. The van der Waals surface area contributed by atoms with E-state index in [2.05, 4.69) is 10.6 Å². The van der Waals surface area contributed by atoms with E-state index in [4.69, 9.17) is 4.42 Å². The van der Waals surface area contributed by atoms with Crippen molar-refractivity contribution in [1.29, 1.82) is 0 Å². The van der Waals surface area contributed by atoms with Crippen molar-refractivity contribution in [2.75, 3.05) is 18.4 Å². The second kappa shape index (κ2) is 10.4. The third-order valence-electron chi connectivity index (χ3n) is 5.16. The molecule has 2 heterocycles. The Morgan fingerprint density at radius 1 is 1.09 bits per heavy atom. The minimum atomic E-state index is -0.475. The van der Waals surface area contributed by atoms with Gasteiger partial charge in [0, 0.05) is 24.3 Å². The topological polar surface area (TPSA) is 109 Å². The van der Waals surface area contributed by atoms with Gasteiger partial charge in [0.2, 0.25) is 0 Å². The summed E-state index contributed by atoms with van der Waals surface area (Å²) in [4.78, 5) is 51.0. The number of anilines is 1. The zero-order chi connectivity index (χ0) is 24.9.